The van der Waals surface area contributed by atoms with E-state index in [1.165, 1.54) is 0 Å². The van der Waals surface area contributed by atoms with Gasteiger partial charge in [-0.15, -0.1) is 0 Å². The highest BCUT2D eigenvalue weighted by Gasteiger charge is 2.11. The van der Waals surface area contributed by atoms with Crippen LogP contribution >= 0.6 is 0 Å². The van der Waals surface area contributed by atoms with Gasteiger partial charge in [0.2, 0.25) is 10.0 Å². The van der Waals surface area contributed by atoms with Gasteiger partial charge in [-0.1, -0.05) is 13.0 Å². The van der Waals surface area contributed by atoms with E-state index >= 15 is 0 Å². The second kappa shape index (κ2) is 8.75. The molecule has 0 radical (unpaired) electrons. The molecule has 6 nitrogen and oxygen atoms in total. The molecule has 0 saturated carbocycles. The molecule has 22 heavy (non-hydrogen) atoms. The standard InChI is InChI=1S/C15H25N3O3S/c1-4-11-22(20,21)17-14-8-5-7-13(12-14)15(19)16-9-6-10-18(2)3/h5,7-8,12,17H,4,6,9-11H2,1-3H3,(H,16,19). The van der Waals surface area contributed by atoms with Crippen molar-refractivity contribution in [3.63, 3.8) is 0 Å². The first kappa shape index (κ1) is 18.4. The molecule has 1 aromatic carbocycles. The van der Waals surface area contributed by atoms with Crippen LogP contribution in [0.2, 0.25) is 0 Å². The molecule has 1 aromatic rings. The highest BCUT2D eigenvalue weighted by molar-refractivity contribution is 7.92. The number of anilines is 1. The minimum absolute atomic E-state index is 0.0635. The predicted octanol–water partition coefficient (Wildman–Crippen LogP) is 1.52. The van der Waals surface area contributed by atoms with Crippen LogP contribution in [-0.2, 0) is 10.0 Å². The van der Waals surface area contributed by atoms with Crippen molar-refractivity contribution in [1.29, 1.82) is 0 Å². The normalized spacial score (nSPS) is 11.5. The fourth-order valence-electron chi connectivity index (χ4n) is 1.92. The van der Waals surface area contributed by atoms with Crippen LogP contribution in [0.25, 0.3) is 0 Å². The number of nitrogens with one attached hydrogen (secondary N) is 2. The molecule has 124 valence electrons. The lowest BCUT2D eigenvalue weighted by atomic mass is 10.2. The number of rotatable bonds is 9. The third-order valence-electron chi connectivity index (χ3n) is 2.94. The van der Waals surface area contributed by atoms with E-state index in [1.54, 1.807) is 31.2 Å². The highest BCUT2D eigenvalue weighted by Crippen LogP contribution is 2.13. The second-order valence-electron chi connectivity index (χ2n) is 5.41. The molecule has 0 unspecified atom stereocenters. The van der Waals surface area contributed by atoms with Gasteiger partial charge >= 0.3 is 0 Å². The van der Waals surface area contributed by atoms with Gasteiger partial charge < -0.3 is 10.2 Å². The molecule has 0 bridgehead atoms. The van der Waals surface area contributed by atoms with Crippen molar-refractivity contribution in [2.45, 2.75) is 19.8 Å². The maximum absolute atomic E-state index is 12.0. The maximum Gasteiger partial charge on any atom is 0.251 e. The minimum atomic E-state index is -3.34. The number of sulfonamides is 1. The van der Waals surface area contributed by atoms with Crippen molar-refractivity contribution in [2.75, 3.05) is 37.7 Å². The van der Waals surface area contributed by atoms with E-state index in [1.807, 2.05) is 14.1 Å². The van der Waals surface area contributed by atoms with Gasteiger partial charge in [0.15, 0.2) is 0 Å². The van der Waals surface area contributed by atoms with Crippen molar-refractivity contribution in [3.05, 3.63) is 29.8 Å². The summed E-state index contributed by atoms with van der Waals surface area (Å²) in [4.78, 5) is 14.1. The first-order valence-electron chi connectivity index (χ1n) is 7.37. The fraction of sp³-hybridized carbons (Fsp3) is 0.533. The molecule has 0 aliphatic heterocycles. The smallest absolute Gasteiger partial charge is 0.251 e. The van der Waals surface area contributed by atoms with Gasteiger partial charge in [0.25, 0.3) is 5.91 Å². The number of carbonyl (C=O) groups is 1. The van der Waals surface area contributed by atoms with Crippen LogP contribution in [0.15, 0.2) is 24.3 Å². The molecule has 1 amide bonds. The van der Waals surface area contributed by atoms with E-state index < -0.39 is 10.0 Å². The monoisotopic (exact) mass is 327 g/mol. The van der Waals surface area contributed by atoms with Crippen molar-refractivity contribution >= 4 is 21.6 Å². The lowest BCUT2D eigenvalue weighted by molar-refractivity contribution is 0.0952. The van der Waals surface area contributed by atoms with Crippen molar-refractivity contribution in [1.82, 2.24) is 10.2 Å². The summed E-state index contributed by atoms with van der Waals surface area (Å²) in [5.74, 6) is -0.135. The minimum Gasteiger partial charge on any atom is -0.352 e. The van der Waals surface area contributed by atoms with E-state index in [2.05, 4.69) is 14.9 Å². The Morgan fingerprint density at radius 2 is 2.00 bits per heavy atom. The molecule has 0 aromatic heterocycles. The molecule has 0 heterocycles. The lowest BCUT2D eigenvalue weighted by Crippen LogP contribution is -2.27. The number of benzene rings is 1. The summed E-state index contributed by atoms with van der Waals surface area (Å²) in [5.41, 5.74) is 0.857. The molecule has 0 saturated heterocycles. The first-order chi connectivity index (χ1) is 10.3. The number of carbonyl (C=O) groups excluding carboxylic acids is 1. The summed E-state index contributed by atoms with van der Waals surface area (Å²) in [5, 5.41) is 2.83. The SMILES string of the molecule is CCCS(=O)(=O)Nc1cccc(C(=O)NCCCN(C)C)c1. The van der Waals surface area contributed by atoms with Crippen LogP contribution in [0.4, 0.5) is 5.69 Å². The zero-order valence-corrected chi connectivity index (χ0v) is 14.2. The van der Waals surface area contributed by atoms with Gasteiger partial charge in [-0.25, -0.2) is 8.42 Å². The molecule has 0 aliphatic rings. The number of nitrogens with zero attached hydrogens (tertiary/aromatic N) is 1. The van der Waals surface area contributed by atoms with Crippen molar-refractivity contribution in [3.8, 4) is 0 Å². The summed E-state index contributed by atoms with van der Waals surface area (Å²) in [6.45, 7) is 3.29. The third kappa shape index (κ3) is 6.91. The van der Waals surface area contributed by atoms with E-state index in [-0.39, 0.29) is 11.7 Å². The highest BCUT2D eigenvalue weighted by atomic mass is 32.2. The van der Waals surface area contributed by atoms with Crippen molar-refractivity contribution < 1.29 is 13.2 Å². The zero-order valence-electron chi connectivity index (χ0n) is 13.4. The Morgan fingerprint density at radius 3 is 2.64 bits per heavy atom. The summed E-state index contributed by atoms with van der Waals surface area (Å²) in [6.07, 6.45) is 1.41. The van der Waals surface area contributed by atoms with E-state index in [9.17, 15) is 13.2 Å². The molecule has 0 aliphatic carbocycles. The maximum atomic E-state index is 12.0. The van der Waals surface area contributed by atoms with Gasteiger partial charge in [-0.3, -0.25) is 9.52 Å². The largest absolute Gasteiger partial charge is 0.352 e. The van der Waals surface area contributed by atoms with E-state index in [0.29, 0.717) is 24.2 Å². The Labute approximate surface area is 132 Å². The molecule has 1 rings (SSSR count). The summed E-state index contributed by atoms with van der Waals surface area (Å²) >= 11 is 0. The number of hydrogen-bond donors (Lipinski definition) is 2. The van der Waals surface area contributed by atoms with Gasteiger partial charge in [0, 0.05) is 17.8 Å². The third-order valence-corrected chi connectivity index (χ3v) is 4.43. The van der Waals surface area contributed by atoms with Crippen LogP contribution < -0.4 is 10.0 Å². The summed E-state index contributed by atoms with van der Waals surface area (Å²) < 4.78 is 26.0. The average Bonchev–Trinajstić information content (AvgIpc) is 2.42. The van der Waals surface area contributed by atoms with Gasteiger partial charge in [-0.2, -0.15) is 0 Å². The van der Waals surface area contributed by atoms with Crippen LogP contribution in [0, 0.1) is 0 Å². The summed E-state index contributed by atoms with van der Waals surface area (Å²) in [6, 6.07) is 6.52. The molecule has 7 heteroatoms. The molecule has 0 spiro atoms. The first-order valence-corrected chi connectivity index (χ1v) is 9.03. The Balaban J connectivity index is 2.61. The van der Waals surface area contributed by atoms with Crippen LogP contribution in [-0.4, -0.2) is 52.2 Å². The molecule has 0 fully saturated rings. The topological polar surface area (TPSA) is 78.5 Å². The number of amides is 1. The lowest BCUT2D eigenvalue weighted by Gasteiger charge is -2.11. The van der Waals surface area contributed by atoms with Crippen LogP contribution in [0.1, 0.15) is 30.1 Å². The van der Waals surface area contributed by atoms with E-state index in [0.717, 1.165) is 13.0 Å². The average molecular weight is 327 g/mol. The Kier molecular flexibility index (Phi) is 7.34. The molecule has 0 atom stereocenters. The van der Waals surface area contributed by atoms with E-state index in [4.69, 9.17) is 0 Å². The Morgan fingerprint density at radius 1 is 1.27 bits per heavy atom. The van der Waals surface area contributed by atoms with Gasteiger partial charge in [-0.05, 0) is 51.7 Å². The Hall–Kier alpha value is -1.60. The van der Waals surface area contributed by atoms with Gasteiger partial charge in [0.1, 0.15) is 0 Å². The van der Waals surface area contributed by atoms with Gasteiger partial charge in [0.05, 0.1) is 5.75 Å². The van der Waals surface area contributed by atoms with Crippen LogP contribution in [0.3, 0.4) is 0 Å². The fourth-order valence-corrected chi connectivity index (χ4v) is 3.05. The second-order valence-corrected chi connectivity index (χ2v) is 7.26. The molecule has 2 N–H and O–H groups in total. The predicted molar refractivity (Wildman–Crippen MR) is 89.6 cm³/mol. The molecular weight excluding hydrogens is 302 g/mol. The quantitative estimate of drug-likeness (QED) is 0.674. The zero-order chi connectivity index (χ0) is 16.6. The molecular formula is C15H25N3O3S. The summed E-state index contributed by atoms with van der Waals surface area (Å²) in [7, 11) is 0.615. The number of hydrogen-bond acceptors (Lipinski definition) is 4. The van der Waals surface area contributed by atoms with Crippen molar-refractivity contribution in [2.24, 2.45) is 0 Å². The Bertz CT molecular complexity index is 585. The van der Waals surface area contributed by atoms with Crippen LogP contribution in [0.5, 0.6) is 0 Å².